The number of carbonyl (C=O) groups is 1. The molecule has 0 N–H and O–H groups in total. The number of ketones is 1. The van der Waals surface area contributed by atoms with Gasteiger partial charge in [0.15, 0.2) is 0 Å². The summed E-state index contributed by atoms with van der Waals surface area (Å²) in [6.45, 7) is 2.76. The maximum absolute atomic E-state index is 12.0. The van der Waals surface area contributed by atoms with E-state index in [1.54, 1.807) is 7.11 Å². The molecule has 0 aromatic carbocycles. The van der Waals surface area contributed by atoms with Crippen LogP contribution in [-0.4, -0.2) is 43.5 Å². The number of carbonyl (C=O) groups excluding carboxylic acids is 1. The summed E-state index contributed by atoms with van der Waals surface area (Å²) < 4.78 is 5.16. The minimum absolute atomic E-state index is 0.301. The first-order valence-electron chi connectivity index (χ1n) is 7.07. The molecule has 2 saturated carbocycles. The van der Waals surface area contributed by atoms with Gasteiger partial charge >= 0.3 is 0 Å². The average Bonchev–Trinajstić information content (AvgIpc) is 3.14. The van der Waals surface area contributed by atoms with Gasteiger partial charge in [-0.05, 0) is 25.7 Å². The second-order valence-electron chi connectivity index (χ2n) is 5.48. The zero-order valence-corrected chi connectivity index (χ0v) is 11.0. The number of Topliss-reactive ketones (excluding diaryl/α,β-unsaturated/α-hetero) is 1. The summed E-state index contributed by atoms with van der Waals surface area (Å²) in [5.74, 6) is 0.806. The predicted octanol–water partition coefficient (Wildman–Crippen LogP) is 2.25. The van der Waals surface area contributed by atoms with Crippen LogP contribution in [0.1, 0.15) is 44.9 Å². The van der Waals surface area contributed by atoms with E-state index < -0.39 is 0 Å². The van der Waals surface area contributed by atoms with Gasteiger partial charge in [-0.25, -0.2) is 0 Å². The van der Waals surface area contributed by atoms with Crippen molar-refractivity contribution < 1.29 is 9.53 Å². The highest BCUT2D eigenvalue weighted by Crippen LogP contribution is 2.29. The molecule has 2 rings (SSSR count). The molecule has 0 heterocycles. The first-order chi connectivity index (χ1) is 8.31. The Hall–Kier alpha value is -0.410. The second-order valence-corrected chi connectivity index (χ2v) is 5.48. The van der Waals surface area contributed by atoms with Gasteiger partial charge in [0.25, 0.3) is 0 Å². The number of ether oxygens (including phenoxy) is 1. The molecule has 2 aliphatic carbocycles. The molecule has 3 heteroatoms. The van der Waals surface area contributed by atoms with Gasteiger partial charge in [-0.15, -0.1) is 0 Å². The van der Waals surface area contributed by atoms with Gasteiger partial charge in [-0.3, -0.25) is 9.69 Å². The number of hydrogen-bond donors (Lipinski definition) is 0. The lowest BCUT2D eigenvalue weighted by atomic mass is 9.98. The van der Waals surface area contributed by atoms with E-state index in [4.69, 9.17) is 4.74 Å². The quantitative estimate of drug-likeness (QED) is 0.666. The van der Waals surface area contributed by atoms with Gasteiger partial charge in [-0.1, -0.05) is 12.8 Å². The van der Waals surface area contributed by atoms with Crippen molar-refractivity contribution in [2.75, 3.05) is 26.8 Å². The fourth-order valence-corrected chi connectivity index (χ4v) is 2.78. The van der Waals surface area contributed by atoms with Gasteiger partial charge in [0.1, 0.15) is 5.78 Å². The van der Waals surface area contributed by atoms with Crippen LogP contribution in [0.2, 0.25) is 0 Å². The zero-order valence-electron chi connectivity index (χ0n) is 11.0. The molecule has 0 saturated heterocycles. The molecule has 0 aliphatic heterocycles. The molecule has 0 aromatic heterocycles. The predicted molar refractivity (Wildman–Crippen MR) is 68.1 cm³/mol. The Morgan fingerprint density at radius 1 is 1.24 bits per heavy atom. The first kappa shape index (κ1) is 13.0. The van der Waals surface area contributed by atoms with E-state index in [0.717, 1.165) is 45.0 Å². The Balaban J connectivity index is 1.84. The molecular formula is C14H25NO2. The maximum atomic E-state index is 12.0. The molecule has 0 aromatic rings. The fraction of sp³-hybridized carbons (Fsp3) is 0.929. The molecule has 3 nitrogen and oxygen atoms in total. The monoisotopic (exact) mass is 239 g/mol. The van der Waals surface area contributed by atoms with Crippen LogP contribution in [0.25, 0.3) is 0 Å². The largest absolute Gasteiger partial charge is 0.383 e. The van der Waals surface area contributed by atoms with Crippen LogP contribution in [0, 0.1) is 5.92 Å². The SMILES string of the molecule is COCCN(CC1CCCCCC1=O)C1CC1. The molecule has 0 bridgehead atoms. The highest BCUT2D eigenvalue weighted by atomic mass is 16.5. The maximum Gasteiger partial charge on any atom is 0.137 e. The van der Waals surface area contributed by atoms with Crippen molar-refractivity contribution in [3.8, 4) is 0 Å². The van der Waals surface area contributed by atoms with E-state index in [1.807, 2.05) is 0 Å². The fourth-order valence-electron chi connectivity index (χ4n) is 2.78. The van der Waals surface area contributed by atoms with E-state index in [1.165, 1.54) is 25.7 Å². The third-order valence-corrected chi connectivity index (χ3v) is 4.03. The Morgan fingerprint density at radius 3 is 2.76 bits per heavy atom. The Labute approximate surface area is 105 Å². The third-order valence-electron chi connectivity index (χ3n) is 4.03. The van der Waals surface area contributed by atoms with Gasteiger partial charge in [0.05, 0.1) is 6.61 Å². The lowest BCUT2D eigenvalue weighted by Gasteiger charge is -2.25. The standard InChI is InChI=1S/C14H25NO2/c1-17-10-9-15(13-7-8-13)11-12-5-3-2-4-6-14(12)16/h12-13H,2-11H2,1H3. The molecule has 2 aliphatic rings. The summed E-state index contributed by atoms with van der Waals surface area (Å²) in [6, 6.07) is 0.737. The summed E-state index contributed by atoms with van der Waals surface area (Å²) >= 11 is 0. The minimum atomic E-state index is 0.301. The topological polar surface area (TPSA) is 29.5 Å². The van der Waals surface area contributed by atoms with Crippen molar-refractivity contribution in [1.82, 2.24) is 4.90 Å². The van der Waals surface area contributed by atoms with Gasteiger partial charge in [0, 0.05) is 38.6 Å². The first-order valence-corrected chi connectivity index (χ1v) is 7.07. The highest BCUT2D eigenvalue weighted by Gasteiger charge is 2.32. The smallest absolute Gasteiger partial charge is 0.137 e. The van der Waals surface area contributed by atoms with Crippen molar-refractivity contribution in [1.29, 1.82) is 0 Å². The highest BCUT2D eigenvalue weighted by molar-refractivity contribution is 5.81. The summed E-state index contributed by atoms with van der Waals surface area (Å²) in [4.78, 5) is 14.5. The van der Waals surface area contributed by atoms with E-state index in [9.17, 15) is 4.79 Å². The zero-order chi connectivity index (χ0) is 12.1. The molecule has 1 unspecified atom stereocenters. The van der Waals surface area contributed by atoms with Crippen LogP contribution in [-0.2, 0) is 9.53 Å². The van der Waals surface area contributed by atoms with Crippen molar-refractivity contribution in [3.05, 3.63) is 0 Å². The molecular weight excluding hydrogens is 214 g/mol. The second kappa shape index (κ2) is 6.50. The number of methoxy groups -OCH3 is 1. The van der Waals surface area contributed by atoms with Crippen molar-refractivity contribution in [2.24, 2.45) is 5.92 Å². The van der Waals surface area contributed by atoms with E-state index in [2.05, 4.69) is 4.90 Å². The van der Waals surface area contributed by atoms with E-state index in [-0.39, 0.29) is 0 Å². The number of nitrogens with zero attached hydrogens (tertiary/aromatic N) is 1. The van der Waals surface area contributed by atoms with Crippen LogP contribution >= 0.6 is 0 Å². The molecule has 0 spiro atoms. The van der Waals surface area contributed by atoms with Crippen molar-refractivity contribution >= 4 is 5.78 Å². The lowest BCUT2D eigenvalue weighted by molar-refractivity contribution is -0.123. The summed E-state index contributed by atoms with van der Waals surface area (Å²) in [7, 11) is 1.75. The molecule has 98 valence electrons. The summed E-state index contributed by atoms with van der Waals surface area (Å²) in [5.41, 5.74) is 0. The van der Waals surface area contributed by atoms with Crippen LogP contribution in [0.3, 0.4) is 0 Å². The third kappa shape index (κ3) is 4.07. The number of hydrogen-bond acceptors (Lipinski definition) is 3. The Kier molecular flexibility index (Phi) is 4.99. The lowest BCUT2D eigenvalue weighted by Crippen LogP contribution is -2.36. The Bertz CT molecular complexity index is 251. The average molecular weight is 239 g/mol. The molecule has 17 heavy (non-hydrogen) atoms. The van der Waals surface area contributed by atoms with Crippen molar-refractivity contribution in [3.63, 3.8) is 0 Å². The van der Waals surface area contributed by atoms with Crippen LogP contribution in [0.5, 0.6) is 0 Å². The molecule has 2 fully saturated rings. The Morgan fingerprint density at radius 2 is 2.06 bits per heavy atom. The molecule has 1 atom stereocenters. The van der Waals surface area contributed by atoms with Gasteiger partial charge < -0.3 is 4.74 Å². The van der Waals surface area contributed by atoms with Crippen molar-refractivity contribution in [2.45, 2.75) is 51.0 Å². The summed E-state index contributed by atoms with van der Waals surface area (Å²) in [6.07, 6.45) is 8.12. The molecule has 0 amide bonds. The number of rotatable bonds is 6. The summed E-state index contributed by atoms with van der Waals surface area (Å²) in [5, 5.41) is 0. The van der Waals surface area contributed by atoms with E-state index >= 15 is 0 Å². The van der Waals surface area contributed by atoms with Crippen LogP contribution in [0.15, 0.2) is 0 Å². The minimum Gasteiger partial charge on any atom is -0.383 e. The van der Waals surface area contributed by atoms with Gasteiger partial charge in [0.2, 0.25) is 0 Å². The van der Waals surface area contributed by atoms with Gasteiger partial charge in [-0.2, -0.15) is 0 Å². The normalized spacial score (nSPS) is 26.2. The van der Waals surface area contributed by atoms with Crippen LogP contribution < -0.4 is 0 Å². The van der Waals surface area contributed by atoms with E-state index in [0.29, 0.717) is 11.7 Å². The van der Waals surface area contributed by atoms with Crippen LogP contribution in [0.4, 0.5) is 0 Å². The molecule has 0 radical (unpaired) electrons.